The Hall–Kier alpha value is -2.09. The summed E-state index contributed by atoms with van der Waals surface area (Å²) in [5, 5.41) is 7.22. The number of hydrogen-bond acceptors (Lipinski definition) is 5. The van der Waals surface area contributed by atoms with E-state index in [1.807, 2.05) is 39.6 Å². The minimum atomic E-state index is -0.282. The minimum Gasteiger partial charge on any atom is -0.480 e. The van der Waals surface area contributed by atoms with Crippen LogP contribution in [-0.4, -0.2) is 63.9 Å². The number of hydrogen-bond donors (Lipinski definition) is 1. The molecule has 1 unspecified atom stereocenters. The van der Waals surface area contributed by atoms with Crippen LogP contribution in [0.5, 0.6) is 5.75 Å². The Bertz CT molecular complexity index is 739. The number of nitrogens with one attached hydrogen (secondary N) is 1. The molecule has 28 heavy (non-hydrogen) atoms. The van der Waals surface area contributed by atoms with Gasteiger partial charge in [-0.1, -0.05) is 0 Å². The van der Waals surface area contributed by atoms with Crippen molar-refractivity contribution in [3.8, 4) is 5.75 Å². The van der Waals surface area contributed by atoms with Crippen LogP contribution in [0.1, 0.15) is 50.9 Å². The van der Waals surface area contributed by atoms with Crippen LogP contribution in [0, 0.1) is 13.8 Å². The molecule has 156 valence electrons. The molecule has 1 saturated heterocycles. The van der Waals surface area contributed by atoms with Crippen LogP contribution in [0.25, 0.3) is 0 Å². The Balaban J connectivity index is 1.64. The number of carbonyl (C=O) groups excluding carboxylic acids is 2. The summed E-state index contributed by atoms with van der Waals surface area (Å²) < 4.78 is 13.6. The normalized spacial score (nSPS) is 20.9. The van der Waals surface area contributed by atoms with Gasteiger partial charge < -0.3 is 19.7 Å². The molecule has 2 aliphatic rings. The van der Waals surface area contributed by atoms with Gasteiger partial charge in [0.1, 0.15) is 5.69 Å². The van der Waals surface area contributed by atoms with Gasteiger partial charge >= 0.3 is 0 Å². The van der Waals surface area contributed by atoms with E-state index < -0.39 is 0 Å². The summed E-state index contributed by atoms with van der Waals surface area (Å²) in [7, 11) is 1.86. The molecule has 1 aromatic heterocycles. The molecular weight excluding hydrogens is 360 g/mol. The van der Waals surface area contributed by atoms with E-state index in [0.29, 0.717) is 18.9 Å². The predicted molar refractivity (Wildman–Crippen MR) is 104 cm³/mol. The van der Waals surface area contributed by atoms with E-state index in [2.05, 4.69) is 10.4 Å². The van der Waals surface area contributed by atoms with Crippen molar-refractivity contribution in [1.82, 2.24) is 20.0 Å². The Morgan fingerprint density at radius 1 is 1.36 bits per heavy atom. The van der Waals surface area contributed by atoms with Gasteiger partial charge in [-0.2, -0.15) is 5.10 Å². The summed E-state index contributed by atoms with van der Waals surface area (Å²) in [4.78, 5) is 27.0. The molecule has 3 rings (SSSR count). The molecule has 2 fully saturated rings. The second kappa shape index (κ2) is 8.11. The van der Waals surface area contributed by atoms with Crippen molar-refractivity contribution in [3.05, 3.63) is 11.4 Å². The topological polar surface area (TPSA) is 85.7 Å². The van der Waals surface area contributed by atoms with Gasteiger partial charge in [-0.25, -0.2) is 0 Å². The molecule has 0 radical (unpaired) electrons. The first kappa shape index (κ1) is 20.6. The number of aryl methyl sites for hydroxylation is 2. The minimum absolute atomic E-state index is 0.0277. The molecule has 1 aromatic rings. The maximum atomic E-state index is 13.0. The zero-order chi connectivity index (χ0) is 20.5. The second-order valence-electron chi connectivity index (χ2n) is 8.35. The maximum absolute atomic E-state index is 13.0. The average Bonchev–Trinajstić information content (AvgIpc) is 2.82. The Kier molecular flexibility index (Phi) is 5.98. The number of ether oxygens (including phenoxy) is 2. The summed E-state index contributed by atoms with van der Waals surface area (Å²) in [6.07, 6.45) is 2.95. The highest BCUT2D eigenvalue weighted by Gasteiger charge is 2.49. The van der Waals surface area contributed by atoms with Gasteiger partial charge in [0.2, 0.25) is 5.91 Å². The summed E-state index contributed by atoms with van der Waals surface area (Å²) >= 11 is 0. The van der Waals surface area contributed by atoms with E-state index in [4.69, 9.17) is 9.47 Å². The van der Waals surface area contributed by atoms with Crippen LogP contribution in [0.3, 0.4) is 0 Å². The summed E-state index contributed by atoms with van der Waals surface area (Å²) in [5.74, 6) is 0.564. The Morgan fingerprint density at radius 2 is 2.07 bits per heavy atom. The first-order valence-corrected chi connectivity index (χ1v) is 10.1. The highest BCUT2D eigenvalue weighted by atomic mass is 16.5. The lowest BCUT2D eigenvalue weighted by Gasteiger charge is -2.54. The lowest BCUT2D eigenvalue weighted by atomic mass is 9.74. The monoisotopic (exact) mass is 392 g/mol. The lowest BCUT2D eigenvalue weighted by Crippen LogP contribution is -2.65. The second-order valence-corrected chi connectivity index (χ2v) is 8.35. The van der Waals surface area contributed by atoms with Gasteiger partial charge in [-0.15, -0.1) is 0 Å². The van der Waals surface area contributed by atoms with Crippen molar-refractivity contribution in [1.29, 1.82) is 0 Å². The van der Waals surface area contributed by atoms with Crippen LogP contribution >= 0.6 is 0 Å². The number of carbonyl (C=O) groups is 2. The molecule has 8 nitrogen and oxygen atoms in total. The van der Waals surface area contributed by atoms with Crippen molar-refractivity contribution < 1.29 is 19.1 Å². The van der Waals surface area contributed by atoms with E-state index in [1.54, 1.807) is 4.68 Å². The standard InChI is InChI=1S/C20H32N4O4/c1-13(2)21-17(25)9-16-10-24(20(12-28-16)7-6-8-20)18(26)11-27-19-14(3)22-23(5)15(19)4/h13,16H,6-12H2,1-5H3,(H,21,25). The number of rotatable bonds is 6. The molecule has 1 spiro atoms. The fourth-order valence-corrected chi connectivity index (χ4v) is 4.05. The zero-order valence-electron chi connectivity index (χ0n) is 17.6. The van der Waals surface area contributed by atoms with E-state index in [0.717, 1.165) is 30.7 Å². The van der Waals surface area contributed by atoms with Crippen molar-refractivity contribution in [2.45, 2.75) is 71.1 Å². The van der Waals surface area contributed by atoms with Crippen LogP contribution in [0.4, 0.5) is 0 Å². The molecule has 0 aromatic carbocycles. The van der Waals surface area contributed by atoms with E-state index >= 15 is 0 Å². The van der Waals surface area contributed by atoms with Gasteiger partial charge in [0.25, 0.3) is 5.91 Å². The van der Waals surface area contributed by atoms with Crippen molar-refractivity contribution in [3.63, 3.8) is 0 Å². The first-order chi connectivity index (χ1) is 13.2. The third kappa shape index (κ3) is 4.16. The molecule has 2 amide bonds. The fourth-order valence-electron chi connectivity index (χ4n) is 4.05. The highest BCUT2D eigenvalue weighted by molar-refractivity contribution is 5.80. The van der Waals surface area contributed by atoms with Crippen LogP contribution in [-0.2, 0) is 21.4 Å². The Morgan fingerprint density at radius 3 is 2.61 bits per heavy atom. The lowest BCUT2D eigenvalue weighted by molar-refractivity contribution is -0.174. The van der Waals surface area contributed by atoms with Gasteiger partial charge in [-0.05, 0) is 47.0 Å². The van der Waals surface area contributed by atoms with Gasteiger partial charge in [0, 0.05) is 19.6 Å². The van der Waals surface area contributed by atoms with Crippen LogP contribution in [0.2, 0.25) is 0 Å². The van der Waals surface area contributed by atoms with Crippen molar-refractivity contribution >= 4 is 11.8 Å². The third-order valence-corrected chi connectivity index (χ3v) is 5.78. The van der Waals surface area contributed by atoms with Gasteiger partial charge in [-0.3, -0.25) is 14.3 Å². The highest BCUT2D eigenvalue weighted by Crippen LogP contribution is 2.41. The molecule has 1 aliphatic carbocycles. The average molecular weight is 393 g/mol. The molecule has 8 heteroatoms. The molecule has 1 atom stereocenters. The van der Waals surface area contributed by atoms with Crippen molar-refractivity contribution in [2.24, 2.45) is 7.05 Å². The first-order valence-electron chi connectivity index (χ1n) is 10.1. The van der Waals surface area contributed by atoms with Crippen LogP contribution in [0.15, 0.2) is 0 Å². The molecule has 0 bridgehead atoms. The number of nitrogens with zero attached hydrogens (tertiary/aromatic N) is 3. The van der Waals surface area contributed by atoms with E-state index in [9.17, 15) is 9.59 Å². The maximum Gasteiger partial charge on any atom is 0.261 e. The Labute approximate surface area is 166 Å². The quantitative estimate of drug-likeness (QED) is 0.793. The summed E-state index contributed by atoms with van der Waals surface area (Å²) in [6, 6.07) is 0.0890. The summed E-state index contributed by atoms with van der Waals surface area (Å²) in [6.45, 7) is 8.54. The van der Waals surface area contributed by atoms with Gasteiger partial charge in [0.05, 0.1) is 30.4 Å². The van der Waals surface area contributed by atoms with E-state index in [1.165, 1.54) is 0 Å². The summed E-state index contributed by atoms with van der Waals surface area (Å²) in [5.41, 5.74) is 1.44. The van der Waals surface area contributed by atoms with E-state index in [-0.39, 0.29) is 42.5 Å². The number of aromatic nitrogens is 2. The molecule has 2 heterocycles. The smallest absolute Gasteiger partial charge is 0.261 e. The molecular formula is C20H32N4O4. The number of amides is 2. The zero-order valence-corrected chi connectivity index (χ0v) is 17.6. The van der Waals surface area contributed by atoms with Gasteiger partial charge in [0.15, 0.2) is 12.4 Å². The van der Waals surface area contributed by atoms with Crippen molar-refractivity contribution in [2.75, 3.05) is 19.8 Å². The fraction of sp³-hybridized carbons (Fsp3) is 0.750. The largest absolute Gasteiger partial charge is 0.480 e. The molecule has 1 N–H and O–H groups in total. The SMILES string of the molecule is Cc1nn(C)c(C)c1OCC(=O)N1CC(CC(=O)NC(C)C)OCC12CCC2. The third-order valence-electron chi connectivity index (χ3n) is 5.78. The number of morpholine rings is 1. The molecule has 1 aliphatic heterocycles. The molecule has 1 saturated carbocycles. The van der Waals surface area contributed by atoms with Crippen LogP contribution < -0.4 is 10.1 Å². The predicted octanol–water partition coefficient (Wildman–Crippen LogP) is 1.48.